The fourth-order valence-corrected chi connectivity index (χ4v) is 6.96. The number of ketones is 1. The smallest absolute Gasteiger partial charge is 0.243 e. The van der Waals surface area contributed by atoms with Gasteiger partial charge in [0.05, 0.1) is 28.8 Å². The summed E-state index contributed by atoms with van der Waals surface area (Å²) in [7, 11) is -3.58. The monoisotopic (exact) mass is 482 g/mol. The van der Waals surface area contributed by atoms with Crippen LogP contribution in [0.25, 0.3) is 5.70 Å². The number of thioether (sulfide) groups is 1. The molecule has 2 aromatic carbocycles. The summed E-state index contributed by atoms with van der Waals surface area (Å²) < 4.78 is 32.5. The molecule has 172 valence electrons. The lowest BCUT2D eigenvalue weighted by molar-refractivity contribution is 0.0730. The number of nitrogens with zero attached hydrogens (tertiary/aromatic N) is 2. The van der Waals surface area contributed by atoms with Gasteiger partial charge in [-0.3, -0.25) is 4.79 Å². The maximum atomic E-state index is 13.5. The number of sulfonamides is 1. The quantitative estimate of drug-likeness (QED) is 0.591. The molecule has 0 N–H and O–H groups in total. The molecule has 0 unspecified atom stereocenters. The number of Topliss-reactive ketones (excluding diaryl/α,β-unsaturated/α-hetero) is 1. The Morgan fingerprint density at radius 3 is 2.36 bits per heavy atom. The van der Waals surface area contributed by atoms with E-state index in [4.69, 9.17) is 4.74 Å². The van der Waals surface area contributed by atoms with Gasteiger partial charge in [-0.05, 0) is 49.1 Å². The normalized spacial score (nSPS) is 19.8. The molecular formula is C25H26N2O4S2. The molecule has 0 aliphatic carbocycles. The number of ether oxygens (including phenoxy) is 1. The highest BCUT2D eigenvalue weighted by Crippen LogP contribution is 2.44. The van der Waals surface area contributed by atoms with Gasteiger partial charge in [-0.2, -0.15) is 4.31 Å². The molecule has 0 radical (unpaired) electrons. The van der Waals surface area contributed by atoms with Crippen LogP contribution in [-0.2, 0) is 14.8 Å². The number of benzene rings is 2. The van der Waals surface area contributed by atoms with Crippen LogP contribution in [0.3, 0.4) is 0 Å². The number of fused-ring (bicyclic) bond motifs is 1. The van der Waals surface area contributed by atoms with Crippen molar-refractivity contribution in [1.82, 2.24) is 9.21 Å². The molecule has 5 rings (SSSR count). The van der Waals surface area contributed by atoms with Gasteiger partial charge in [0.15, 0.2) is 5.78 Å². The zero-order chi connectivity index (χ0) is 22.8. The number of allylic oxidation sites excluding steroid dienone is 1. The molecule has 1 fully saturated rings. The van der Waals surface area contributed by atoms with Crippen LogP contribution in [0, 0.1) is 0 Å². The van der Waals surface area contributed by atoms with Crippen LogP contribution in [0.15, 0.2) is 75.5 Å². The third kappa shape index (κ3) is 4.40. The van der Waals surface area contributed by atoms with Crippen LogP contribution in [0.2, 0.25) is 0 Å². The van der Waals surface area contributed by atoms with Gasteiger partial charge in [-0.1, -0.05) is 42.1 Å². The number of carbonyl (C=O) groups excluding carboxylic acids is 1. The van der Waals surface area contributed by atoms with E-state index in [0.29, 0.717) is 31.9 Å². The summed E-state index contributed by atoms with van der Waals surface area (Å²) in [5, 5.41) is 3.13. The van der Waals surface area contributed by atoms with Gasteiger partial charge in [0.2, 0.25) is 10.0 Å². The summed E-state index contributed by atoms with van der Waals surface area (Å²) in [5.41, 5.74) is 3.61. The molecule has 3 heterocycles. The van der Waals surface area contributed by atoms with Crippen LogP contribution in [0.5, 0.6) is 0 Å². The SMILES string of the molecule is O=C(C1=C2SC=C(c3ccccc3)N2CCCC1)c1ccc(S(=O)(=O)N2CCOCC2)cc1. The lowest BCUT2D eigenvalue weighted by Gasteiger charge is -2.26. The summed E-state index contributed by atoms with van der Waals surface area (Å²) in [4.78, 5) is 16.0. The number of rotatable bonds is 5. The van der Waals surface area contributed by atoms with Crippen molar-refractivity contribution in [2.45, 2.75) is 24.2 Å². The van der Waals surface area contributed by atoms with Crippen LogP contribution < -0.4 is 0 Å². The lowest BCUT2D eigenvalue weighted by Crippen LogP contribution is -2.40. The summed E-state index contributed by atoms with van der Waals surface area (Å²) in [6, 6.07) is 16.6. The van der Waals surface area contributed by atoms with E-state index >= 15 is 0 Å². The van der Waals surface area contributed by atoms with E-state index in [9.17, 15) is 13.2 Å². The van der Waals surface area contributed by atoms with Crippen LogP contribution in [-0.4, -0.2) is 56.3 Å². The average molecular weight is 483 g/mol. The van der Waals surface area contributed by atoms with E-state index < -0.39 is 10.0 Å². The highest BCUT2D eigenvalue weighted by molar-refractivity contribution is 8.06. The van der Waals surface area contributed by atoms with Gasteiger partial charge in [0, 0.05) is 36.2 Å². The van der Waals surface area contributed by atoms with Crippen molar-refractivity contribution < 1.29 is 17.9 Å². The molecule has 0 atom stereocenters. The second kappa shape index (κ2) is 9.46. The van der Waals surface area contributed by atoms with Crippen molar-refractivity contribution >= 4 is 33.3 Å². The van der Waals surface area contributed by atoms with Gasteiger partial charge in [0.25, 0.3) is 0 Å². The predicted molar refractivity (Wildman–Crippen MR) is 130 cm³/mol. The third-order valence-corrected chi connectivity index (χ3v) is 9.15. The summed E-state index contributed by atoms with van der Waals surface area (Å²) in [6.07, 6.45) is 2.69. The molecule has 8 heteroatoms. The standard InChI is InChI=1S/C25H26N2O4S2/c28-24(20-9-11-21(12-10-20)33(29,30)26-14-16-31-17-15-26)22-8-4-5-13-27-23(18-32-25(22)27)19-6-2-1-3-7-19/h1-3,6-7,9-12,18H,4-5,8,13-17H2. The topological polar surface area (TPSA) is 66.9 Å². The highest BCUT2D eigenvalue weighted by Gasteiger charge is 2.31. The molecule has 6 nitrogen and oxygen atoms in total. The van der Waals surface area contributed by atoms with E-state index in [2.05, 4.69) is 22.4 Å². The first-order valence-electron chi connectivity index (χ1n) is 11.2. The summed E-state index contributed by atoms with van der Waals surface area (Å²) in [6.45, 7) is 2.39. The van der Waals surface area contributed by atoms with Crippen molar-refractivity contribution in [3.63, 3.8) is 0 Å². The largest absolute Gasteiger partial charge is 0.379 e. The first-order valence-corrected chi connectivity index (χ1v) is 13.5. The van der Waals surface area contributed by atoms with Crippen LogP contribution >= 0.6 is 11.8 Å². The molecule has 0 bridgehead atoms. The maximum Gasteiger partial charge on any atom is 0.243 e. The van der Waals surface area contributed by atoms with Gasteiger partial charge >= 0.3 is 0 Å². The molecule has 3 aliphatic rings. The number of hydrogen-bond donors (Lipinski definition) is 0. The minimum atomic E-state index is -3.58. The summed E-state index contributed by atoms with van der Waals surface area (Å²) >= 11 is 1.61. The fourth-order valence-electron chi connectivity index (χ4n) is 4.41. The Bertz CT molecular complexity index is 1200. The Labute approximate surface area is 199 Å². The van der Waals surface area contributed by atoms with Crippen molar-refractivity contribution in [3.05, 3.63) is 81.7 Å². The van der Waals surface area contributed by atoms with E-state index in [0.717, 1.165) is 47.7 Å². The summed E-state index contributed by atoms with van der Waals surface area (Å²) in [5.74, 6) is -0.0255. The van der Waals surface area contributed by atoms with Gasteiger partial charge < -0.3 is 9.64 Å². The molecule has 1 saturated heterocycles. The number of hydrogen-bond acceptors (Lipinski definition) is 6. The Hall–Kier alpha value is -2.39. The first kappa shape index (κ1) is 22.4. The zero-order valence-electron chi connectivity index (χ0n) is 18.3. The van der Waals surface area contributed by atoms with E-state index in [-0.39, 0.29) is 10.7 Å². The van der Waals surface area contributed by atoms with Gasteiger partial charge in [0.1, 0.15) is 0 Å². The third-order valence-electron chi connectivity index (χ3n) is 6.20. The fraction of sp³-hybridized carbons (Fsp3) is 0.320. The minimum absolute atomic E-state index is 0.0255. The molecule has 0 amide bonds. The van der Waals surface area contributed by atoms with E-state index in [1.54, 1.807) is 36.0 Å². The minimum Gasteiger partial charge on any atom is -0.379 e. The lowest BCUT2D eigenvalue weighted by atomic mass is 10.00. The highest BCUT2D eigenvalue weighted by atomic mass is 32.2. The Kier molecular flexibility index (Phi) is 6.42. The molecule has 0 spiro atoms. The van der Waals surface area contributed by atoms with Crippen LogP contribution in [0.4, 0.5) is 0 Å². The first-order chi connectivity index (χ1) is 16.1. The molecule has 0 saturated carbocycles. The molecule has 33 heavy (non-hydrogen) atoms. The second-order valence-corrected chi connectivity index (χ2v) is 11.0. The Morgan fingerprint density at radius 1 is 0.909 bits per heavy atom. The number of carbonyl (C=O) groups is 1. The average Bonchev–Trinajstić information content (AvgIpc) is 3.17. The van der Waals surface area contributed by atoms with Crippen molar-refractivity contribution in [2.75, 3.05) is 32.8 Å². The van der Waals surface area contributed by atoms with Crippen LogP contribution in [0.1, 0.15) is 35.2 Å². The van der Waals surface area contributed by atoms with Crippen molar-refractivity contribution in [2.24, 2.45) is 0 Å². The van der Waals surface area contributed by atoms with E-state index in [1.807, 2.05) is 18.2 Å². The van der Waals surface area contributed by atoms with Crippen molar-refractivity contribution in [1.29, 1.82) is 0 Å². The van der Waals surface area contributed by atoms with Gasteiger partial charge in [-0.15, -0.1) is 0 Å². The Morgan fingerprint density at radius 2 is 1.64 bits per heavy atom. The zero-order valence-corrected chi connectivity index (χ0v) is 19.9. The number of morpholine rings is 1. The second-order valence-electron chi connectivity index (χ2n) is 8.25. The van der Waals surface area contributed by atoms with E-state index in [1.165, 1.54) is 4.31 Å². The molecular weight excluding hydrogens is 456 g/mol. The van der Waals surface area contributed by atoms with Crippen molar-refractivity contribution in [3.8, 4) is 0 Å². The molecule has 2 aromatic rings. The Balaban J connectivity index is 1.41. The molecule has 3 aliphatic heterocycles. The maximum absolute atomic E-state index is 13.5. The molecule has 0 aromatic heterocycles. The predicted octanol–water partition coefficient (Wildman–Crippen LogP) is 4.33. The van der Waals surface area contributed by atoms with Gasteiger partial charge in [-0.25, -0.2) is 8.42 Å².